The Morgan fingerprint density at radius 1 is 1.36 bits per heavy atom. The van der Waals surface area contributed by atoms with Crippen molar-refractivity contribution in [3.05, 3.63) is 65.2 Å². The van der Waals surface area contributed by atoms with Crippen LogP contribution in [-0.2, 0) is 11.2 Å². The maximum atomic E-state index is 15.2. The lowest BCUT2D eigenvalue weighted by Crippen LogP contribution is -2.33. The van der Waals surface area contributed by atoms with E-state index in [1.54, 1.807) is 6.08 Å². The summed E-state index contributed by atoms with van der Waals surface area (Å²) in [6.45, 7) is 3.87. The first-order valence-electron chi connectivity index (χ1n) is 11.4. The van der Waals surface area contributed by atoms with Gasteiger partial charge in [-0.1, -0.05) is 54.1 Å². The second-order valence-electron chi connectivity index (χ2n) is 9.05. The van der Waals surface area contributed by atoms with Gasteiger partial charge in [0, 0.05) is 24.7 Å². The Morgan fingerprint density at radius 3 is 2.91 bits per heavy atom. The largest absolute Gasteiger partial charge is 0.488 e. The number of aryl methyl sites for hydroxylation is 2. The van der Waals surface area contributed by atoms with Gasteiger partial charge in [0.25, 0.3) is 0 Å². The molecule has 1 saturated heterocycles. The number of allylic oxidation sites excluding steroid dienone is 2. The molecule has 178 valence electrons. The van der Waals surface area contributed by atoms with Gasteiger partial charge in [0.2, 0.25) is 0 Å². The molecule has 2 aliphatic rings. The third kappa shape index (κ3) is 4.99. The fourth-order valence-corrected chi connectivity index (χ4v) is 4.80. The maximum Gasteiger partial charge on any atom is 0.310 e. The third-order valence-electron chi connectivity index (χ3n) is 6.69. The lowest BCUT2D eigenvalue weighted by Gasteiger charge is -2.23. The molecule has 0 radical (unpaired) electrons. The highest BCUT2D eigenvalue weighted by Crippen LogP contribution is 2.54. The van der Waals surface area contributed by atoms with Crippen LogP contribution in [-0.4, -0.2) is 55.1 Å². The smallest absolute Gasteiger partial charge is 0.310 e. The molecule has 1 saturated carbocycles. The Hall–Kier alpha value is -2.65. The molecule has 9 heteroatoms. The summed E-state index contributed by atoms with van der Waals surface area (Å²) >= 11 is 0. The van der Waals surface area contributed by atoms with E-state index < -0.39 is 36.1 Å². The number of benzene rings is 1. The van der Waals surface area contributed by atoms with E-state index in [1.165, 1.54) is 12.2 Å². The minimum absolute atomic E-state index is 0.138. The Bertz CT molecular complexity index is 995. The Labute approximate surface area is 191 Å². The van der Waals surface area contributed by atoms with E-state index in [4.69, 9.17) is 4.74 Å². The summed E-state index contributed by atoms with van der Waals surface area (Å²) in [5.74, 6) is -5.13. The summed E-state index contributed by atoms with van der Waals surface area (Å²) in [5.41, 5.74) is 2.06. The molecule has 0 spiro atoms. The van der Waals surface area contributed by atoms with Gasteiger partial charge in [-0.05, 0) is 31.4 Å². The maximum absolute atomic E-state index is 15.2. The van der Waals surface area contributed by atoms with Crippen LogP contribution in [0.1, 0.15) is 49.1 Å². The molecule has 7 nitrogen and oxygen atoms in total. The van der Waals surface area contributed by atoms with E-state index in [9.17, 15) is 10.2 Å². The number of nitrogens with zero attached hydrogens (tertiary/aromatic N) is 3. The molecule has 2 aromatic rings. The minimum atomic E-state index is -3.18. The third-order valence-corrected chi connectivity index (χ3v) is 6.69. The van der Waals surface area contributed by atoms with Gasteiger partial charge in [-0.3, -0.25) is 0 Å². The van der Waals surface area contributed by atoms with Crippen molar-refractivity contribution < 1.29 is 23.7 Å². The summed E-state index contributed by atoms with van der Waals surface area (Å²) in [7, 11) is 0. The van der Waals surface area contributed by atoms with Crippen LogP contribution in [0.5, 0.6) is 0 Å². The van der Waals surface area contributed by atoms with Crippen molar-refractivity contribution in [3.8, 4) is 0 Å². The number of aliphatic hydroxyl groups is 2. The van der Waals surface area contributed by atoms with Gasteiger partial charge in [-0.25, -0.2) is 0 Å². The van der Waals surface area contributed by atoms with E-state index in [1.807, 2.05) is 38.1 Å². The molecule has 1 unspecified atom stereocenters. The number of hydrogen-bond donors (Lipinski definition) is 3. The minimum Gasteiger partial charge on any atom is -0.488 e. The first-order chi connectivity index (χ1) is 15.8. The van der Waals surface area contributed by atoms with Crippen molar-refractivity contribution in [2.24, 2.45) is 11.8 Å². The van der Waals surface area contributed by atoms with Crippen molar-refractivity contribution in [2.45, 2.75) is 69.7 Å². The van der Waals surface area contributed by atoms with Gasteiger partial charge in [0.05, 0.1) is 18.1 Å². The lowest BCUT2D eigenvalue weighted by molar-refractivity contribution is -0.0273. The van der Waals surface area contributed by atoms with Gasteiger partial charge in [-0.2, -0.15) is 14.0 Å². The van der Waals surface area contributed by atoms with Gasteiger partial charge < -0.3 is 14.9 Å². The fraction of sp³-hybridized carbons (Fsp3) is 0.542. The number of tetrazole rings is 1. The monoisotopic (exact) mass is 460 g/mol. The van der Waals surface area contributed by atoms with Crippen molar-refractivity contribution in [1.82, 2.24) is 20.6 Å². The Kier molecular flexibility index (Phi) is 6.90. The summed E-state index contributed by atoms with van der Waals surface area (Å²) in [6.07, 6.45) is 3.62. The Morgan fingerprint density at radius 2 is 2.18 bits per heavy atom. The topological polar surface area (TPSA) is 104 Å². The molecule has 6 atom stereocenters. The number of halogens is 2. The van der Waals surface area contributed by atoms with Crippen LogP contribution in [0.15, 0.2) is 48.3 Å². The highest BCUT2D eigenvalue weighted by atomic mass is 19.3. The average Bonchev–Trinajstić information content (AvgIpc) is 3.46. The molecule has 1 aliphatic heterocycles. The zero-order chi connectivity index (χ0) is 23.6. The number of ether oxygens (including phenoxy) is 1. The van der Waals surface area contributed by atoms with Crippen LogP contribution in [0.25, 0.3) is 0 Å². The van der Waals surface area contributed by atoms with E-state index in [-0.39, 0.29) is 18.1 Å². The number of hydrogen-bond acceptors (Lipinski definition) is 6. The molecule has 4 rings (SSSR count). The van der Waals surface area contributed by atoms with Crippen LogP contribution in [0, 0.1) is 18.8 Å². The number of aromatic amines is 1. The average molecular weight is 461 g/mol. The predicted octanol–water partition coefficient (Wildman–Crippen LogP) is 3.47. The van der Waals surface area contributed by atoms with Crippen molar-refractivity contribution in [2.75, 3.05) is 0 Å². The quantitative estimate of drug-likeness (QED) is 0.412. The van der Waals surface area contributed by atoms with Crippen LogP contribution < -0.4 is 0 Å². The highest BCUT2D eigenvalue weighted by molar-refractivity contribution is 5.27. The summed E-state index contributed by atoms with van der Waals surface area (Å²) in [5, 5.41) is 34.6. The Balaban J connectivity index is 1.41. The van der Waals surface area contributed by atoms with Crippen molar-refractivity contribution in [1.29, 1.82) is 0 Å². The molecule has 33 heavy (non-hydrogen) atoms. The molecule has 1 aliphatic carbocycles. The predicted molar refractivity (Wildman–Crippen MR) is 117 cm³/mol. The summed E-state index contributed by atoms with van der Waals surface area (Å²) in [6, 6.07) is 7.84. The summed E-state index contributed by atoms with van der Waals surface area (Å²) < 4.78 is 36.1. The van der Waals surface area contributed by atoms with Crippen molar-refractivity contribution in [3.63, 3.8) is 0 Å². The van der Waals surface area contributed by atoms with Gasteiger partial charge in [0.1, 0.15) is 6.10 Å². The highest BCUT2D eigenvalue weighted by Gasteiger charge is 2.63. The molecular formula is C24H30F2N4O3. The molecule has 2 fully saturated rings. The summed E-state index contributed by atoms with van der Waals surface area (Å²) in [4.78, 5) is 0. The van der Waals surface area contributed by atoms with Gasteiger partial charge in [0.15, 0.2) is 11.6 Å². The van der Waals surface area contributed by atoms with Gasteiger partial charge in [-0.15, -0.1) is 10.2 Å². The molecule has 0 amide bonds. The van der Waals surface area contributed by atoms with Crippen molar-refractivity contribution >= 4 is 0 Å². The first kappa shape index (κ1) is 23.5. The zero-order valence-electron chi connectivity index (χ0n) is 18.7. The number of aliphatic hydroxyl groups excluding tert-OH is 2. The van der Waals surface area contributed by atoms with Crippen LogP contribution in [0.2, 0.25) is 0 Å². The van der Waals surface area contributed by atoms with Crippen LogP contribution >= 0.6 is 0 Å². The number of alkyl halides is 2. The number of H-pyrrole nitrogens is 1. The number of fused-ring (bicyclic) bond motifs is 1. The number of rotatable bonds is 8. The molecule has 2 heterocycles. The second-order valence-corrected chi connectivity index (χ2v) is 9.05. The fourth-order valence-electron chi connectivity index (χ4n) is 4.80. The second kappa shape index (κ2) is 9.69. The standard InChI is InChI=1S/C24H30F2N4O3/c1-14-6-5-7-16(12-14)15(2)18(31)11-10-17-19(32)13-20-23(17)24(25,26)21(33-20)8-3-4-9-22-27-29-30-28-22/h5-8,10-12,15,17-20,23,31-32H,3-4,9,13H2,1-2H3,(H,27,28,29,30)/b11-10+,21-8-/t15-,17?,18-,19-,20+,23-/m1/s1. The first-order valence-corrected chi connectivity index (χ1v) is 11.4. The van der Waals surface area contributed by atoms with E-state index in [0.29, 0.717) is 25.1 Å². The van der Waals surface area contributed by atoms with Crippen LogP contribution in [0.3, 0.4) is 0 Å². The molecule has 3 N–H and O–H groups in total. The van der Waals surface area contributed by atoms with Gasteiger partial charge >= 0.3 is 5.92 Å². The number of unbranched alkanes of at least 4 members (excludes halogenated alkanes) is 1. The van der Waals surface area contributed by atoms with Crippen LogP contribution in [0.4, 0.5) is 8.78 Å². The zero-order valence-corrected chi connectivity index (χ0v) is 18.7. The lowest BCUT2D eigenvalue weighted by atomic mass is 9.86. The molecular weight excluding hydrogens is 430 g/mol. The van der Waals surface area contributed by atoms with E-state index in [2.05, 4.69) is 20.6 Å². The normalized spacial score (nSPS) is 29.3. The number of aromatic nitrogens is 4. The SMILES string of the molecule is Cc1cccc([C@@H](C)[C@H](O)/C=C/C2[C@H](O)C[C@@H]3O/C(=C\CCCc4nn[nH]n4)C(F)(F)[C@H]23)c1. The molecule has 1 aromatic heterocycles. The van der Waals surface area contributed by atoms with E-state index >= 15 is 8.78 Å². The molecule has 0 bridgehead atoms. The number of nitrogens with one attached hydrogen (secondary N) is 1. The van der Waals surface area contributed by atoms with E-state index in [0.717, 1.165) is 11.1 Å². The molecule has 1 aromatic carbocycles.